The van der Waals surface area contributed by atoms with Crippen LogP contribution in [0, 0.1) is 5.92 Å². The van der Waals surface area contributed by atoms with Gasteiger partial charge in [-0.25, -0.2) is 4.98 Å². The molecule has 1 unspecified atom stereocenters. The Morgan fingerprint density at radius 1 is 1.33 bits per heavy atom. The number of hydrogen-bond acceptors (Lipinski definition) is 4. The van der Waals surface area contributed by atoms with Crippen LogP contribution in [0.4, 0.5) is 11.5 Å². The minimum absolute atomic E-state index is 0.171. The van der Waals surface area contributed by atoms with Gasteiger partial charge in [0, 0.05) is 18.7 Å². The maximum Gasteiger partial charge on any atom is 0.255 e. The number of rotatable bonds is 4. The van der Waals surface area contributed by atoms with Crippen LogP contribution in [0.15, 0.2) is 42.6 Å². The molecule has 1 aromatic carbocycles. The van der Waals surface area contributed by atoms with E-state index in [1.165, 1.54) is 12.8 Å². The largest absolute Gasteiger partial charge is 0.497 e. The molecule has 1 aliphatic rings. The highest BCUT2D eigenvalue weighted by Gasteiger charge is 2.17. The van der Waals surface area contributed by atoms with E-state index in [-0.39, 0.29) is 5.91 Å². The van der Waals surface area contributed by atoms with E-state index < -0.39 is 0 Å². The highest BCUT2D eigenvalue weighted by atomic mass is 16.5. The maximum absolute atomic E-state index is 12.3. The first kappa shape index (κ1) is 16.3. The van der Waals surface area contributed by atoms with Gasteiger partial charge in [-0.15, -0.1) is 0 Å². The highest BCUT2D eigenvalue weighted by molar-refractivity contribution is 6.04. The predicted molar refractivity (Wildman–Crippen MR) is 95.8 cm³/mol. The van der Waals surface area contributed by atoms with Crippen molar-refractivity contribution >= 4 is 17.4 Å². The van der Waals surface area contributed by atoms with Gasteiger partial charge in [0.1, 0.15) is 11.6 Å². The van der Waals surface area contributed by atoms with Gasteiger partial charge in [-0.05, 0) is 49.1 Å². The van der Waals surface area contributed by atoms with E-state index in [9.17, 15) is 4.79 Å². The Kier molecular flexibility index (Phi) is 4.99. The zero-order chi connectivity index (χ0) is 16.9. The number of carbonyl (C=O) groups is 1. The number of amides is 1. The molecular formula is C19H23N3O2. The van der Waals surface area contributed by atoms with E-state index in [1.807, 2.05) is 18.2 Å². The third-order valence-corrected chi connectivity index (χ3v) is 4.32. The molecule has 1 atom stereocenters. The molecule has 0 bridgehead atoms. The van der Waals surface area contributed by atoms with Gasteiger partial charge in [-0.2, -0.15) is 0 Å². The van der Waals surface area contributed by atoms with Crippen molar-refractivity contribution in [2.24, 2.45) is 5.92 Å². The molecule has 1 aromatic heterocycles. The molecule has 3 rings (SSSR count). The molecule has 1 N–H and O–H groups in total. The first-order chi connectivity index (χ1) is 11.7. The number of methoxy groups -OCH3 is 1. The molecule has 0 spiro atoms. The SMILES string of the molecule is COc1cccc(C(=O)Nc2ccc(N3CCCC(C)C3)nc2)c1. The third-order valence-electron chi connectivity index (χ3n) is 4.32. The second-order valence-corrected chi connectivity index (χ2v) is 6.28. The average Bonchev–Trinajstić information content (AvgIpc) is 2.62. The number of ether oxygens (including phenoxy) is 1. The van der Waals surface area contributed by atoms with Crippen molar-refractivity contribution in [2.45, 2.75) is 19.8 Å². The summed E-state index contributed by atoms with van der Waals surface area (Å²) in [6.07, 6.45) is 4.20. The zero-order valence-corrected chi connectivity index (χ0v) is 14.2. The van der Waals surface area contributed by atoms with Crippen LogP contribution in [0.3, 0.4) is 0 Å². The lowest BCUT2D eigenvalue weighted by atomic mass is 10.0. The number of pyridine rings is 1. The predicted octanol–water partition coefficient (Wildman–Crippen LogP) is 3.58. The summed E-state index contributed by atoms with van der Waals surface area (Å²) in [7, 11) is 1.58. The topological polar surface area (TPSA) is 54.5 Å². The molecule has 1 saturated heterocycles. The van der Waals surface area contributed by atoms with E-state index in [0.29, 0.717) is 22.9 Å². The fraction of sp³-hybridized carbons (Fsp3) is 0.368. The van der Waals surface area contributed by atoms with Crippen LogP contribution in [0.25, 0.3) is 0 Å². The molecule has 1 aliphatic heterocycles. The summed E-state index contributed by atoms with van der Waals surface area (Å²) in [4.78, 5) is 19.1. The van der Waals surface area contributed by atoms with Gasteiger partial charge in [0.2, 0.25) is 0 Å². The molecule has 2 aromatic rings. The van der Waals surface area contributed by atoms with Crippen molar-refractivity contribution in [3.8, 4) is 5.75 Å². The number of hydrogen-bond donors (Lipinski definition) is 1. The van der Waals surface area contributed by atoms with Crippen LogP contribution in [0.5, 0.6) is 5.75 Å². The van der Waals surface area contributed by atoms with Gasteiger partial charge in [0.15, 0.2) is 0 Å². The van der Waals surface area contributed by atoms with Crippen LogP contribution in [0.1, 0.15) is 30.1 Å². The smallest absolute Gasteiger partial charge is 0.255 e. The Morgan fingerprint density at radius 3 is 2.92 bits per heavy atom. The molecule has 24 heavy (non-hydrogen) atoms. The summed E-state index contributed by atoms with van der Waals surface area (Å²) in [5.41, 5.74) is 1.25. The quantitative estimate of drug-likeness (QED) is 0.933. The van der Waals surface area contributed by atoms with Crippen LogP contribution < -0.4 is 15.0 Å². The number of carbonyl (C=O) groups excluding carboxylic acids is 1. The number of nitrogens with zero attached hydrogens (tertiary/aromatic N) is 2. The monoisotopic (exact) mass is 325 g/mol. The Balaban J connectivity index is 1.66. The zero-order valence-electron chi connectivity index (χ0n) is 14.2. The second-order valence-electron chi connectivity index (χ2n) is 6.28. The number of piperidine rings is 1. The molecule has 0 aliphatic carbocycles. The molecular weight excluding hydrogens is 302 g/mol. The second kappa shape index (κ2) is 7.34. The first-order valence-electron chi connectivity index (χ1n) is 8.32. The van der Waals surface area contributed by atoms with Gasteiger partial charge in [0.05, 0.1) is 19.0 Å². The number of aromatic nitrogens is 1. The summed E-state index contributed by atoms with van der Waals surface area (Å²) < 4.78 is 5.15. The standard InChI is InChI=1S/C19H23N3O2/c1-14-5-4-10-22(13-14)18-9-8-16(12-20-18)21-19(23)15-6-3-7-17(11-15)24-2/h3,6-9,11-12,14H,4-5,10,13H2,1-2H3,(H,21,23). The van der Waals surface area contributed by atoms with Gasteiger partial charge >= 0.3 is 0 Å². The molecule has 126 valence electrons. The van der Waals surface area contributed by atoms with E-state index >= 15 is 0 Å². The first-order valence-corrected chi connectivity index (χ1v) is 8.32. The highest BCUT2D eigenvalue weighted by Crippen LogP contribution is 2.22. The fourth-order valence-electron chi connectivity index (χ4n) is 3.01. The van der Waals surface area contributed by atoms with Gasteiger partial charge < -0.3 is 15.0 Å². The normalized spacial score (nSPS) is 17.4. The third kappa shape index (κ3) is 3.85. The Labute approximate surface area is 142 Å². The lowest BCUT2D eigenvalue weighted by molar-refractivity contribution is 0.102. The summed E-state index contributed by atoms with van der Waals surface area (Å²) in [6.45, 7) is 4.37. The van der Waals surface area contributed by atoms with Crippen molar-refractivity contribution in [1.82, 2.24) is 4.98 Å². The average molecular weight is 325 g/mol. The van der Waals surface area contributed by atoms with Gasteiger partial charge in [-0.1, -0.05) is 13.0 Å². The molecule has 0 saturated carbocycles. The van der Waals surface area contributed by atoms with E-state index in [0.717, 1.165) is 18.9 Å². The lowest BCUT2D eigenvalue weighted by Crippen LogP contribution is -2.34. The summed E-state index contributed by atoms with van der Waals surface area (Å²) in [5.74, 6) is 2.17. The fourth-order valence-corrected chi connectivity index (χ4v) is 3.01. The van der Waals surface area contributed by atoms with Crippen molar-refractivity contribution in [3.05, 3.63) is 48.2 Å². The van der Waals surface area contributed by atoms with Crippen molar-refractivity contribution in [1.29, 1.82) is 0 Å². The van der Waals surface area contributed by atoms with Crippen LogP contribution in [-0.2, 0) is 0 Å². The van der Waals surface area contributed by atoms with Crippen LogP contribution in [0.2, 0.25) is 0 Å². The van der Waals surface area contributed by atoms with Crippen LogP contribution >= 0.6 is 0 Å². The molecule has 1 amide bonds. The van der Waals surface area contributed by atoms with Crippen molar-refractivity contribution < 1.29 is 9.53 Å². The molecule has 2 heterocycles. The van der Waals surface area contributed by atoms with E-state index in [4.69, 9.17) is 4.74 Å². The van der Waals surface area contributed by atoms with Crippen molar-refractivity contribution in [2.75, 3.05) is 30.4 Å². The molecule has 5 heteroatoms. The van der Waals surface area contributed by atoms with E-state index in [1.54, 1.807) is 31.5 Å². The van der Waals surface area contributed by atoms with Crippen molar-refractivity contribution in [3.63, 3.8) is 0 Å². The Bertz CT molecular complexity index is 700. The maximum atomic E-state index is 12.3. The van der Waals surface area contributed by atoms with Gasteiger partial charge in [-0.3, -0.25) is 4.79 Å². The minimum atomic E-state index is -0.171. The summed E-state index contributed by atoms with van der Waals surface area (Å²) in [5, 5.41) is 2.87. The summed E-state index contributed by atoms with van der Waals surface area (Å²) >= 11 is 0. The van der Waals surface area contributed by atoms with E-state index in [2.05, 4.69) is 22.1 Å². The number of benzene rings is 1. The number of anilines is 2. The molecule has 5 nitrogen and oxygen atoms in total. The molecule has 0 radical (unpaired) electrons. The summed E-state index contributed by atoms with van der Waals surface area (Å²) in [6, 6.07) is 11.0. The Hall–Kier alpha value is -2.56. The Morgan fingerprint density at radius 2 is 2.21 bits per heavy atom. The lowest BCUT2D eigenvalue weighted by Gasteiger charge is -2.31. The number of nitrogens with one attached hydrogen (secondary N) is 1. The van der Waals surface area contributed by atoms with Crippen LogP contribution in [-0.4, -0.2) is 31.1 Å². The minimum Gasteiger partial charge on any atom is -0.497 e. The van der Waals surface area contributed by atoms with Gasteiger partial charge in [0.25, 0.3) is 5.91 Å². The molecule has 1 fully saturated rings.